The van der Waals surface area contributed by atoms with Crippen LogP contribution in [0.25, 0.3) is 0 Å². The van der Waals surface area contributed by atoms with Gasteiger partial charge in [0, 0.05) is 25.7 Å². The molecule has 3 aliphatic rings. The summed E-state index contributed by atoms with van der Waals surface area (Å²) in [5, 5.41) is 12.5. The van der Waals surface area contributed by atoms with Crippen molar-refractivity contribution in [3.8, 4) is 0 Å². The molecule has 0 aromatic carbocycles. The minimum atomic E-state index is -0.475. The van der Waals surface area contributed by atoms with Gasteiger partial charge in [0.15, 0.2) is 0 Å². The van der Waals surface area contributed by atoms with Gasteiger partial charge in [-0.05, 0) is 63.0 Å². The highest BCUT2D eigenvalue weighted by Crippen LogP contribution is 2.43. The second-order valence-corrected chi connectivity index (χ2v) is 10.0. The number of ether oxygens (including phenoxy) is 1. The van der Waals surface area contributed by atoms with Gasteiger partial charge in [0.25, 0.3) is 0 Å². The molecule has 3 fully saturated rings. The van der Waals surface area contributed by atoms with Gasteiger partial charge in [-0.3, -0.25) is 10.1 Å². The first kappa shape index (κ1) is 22.8. The summed E-state index contributed by atoms with van der Waals surface area (Å²) in [7, 11) is 0. The third kappa shape index (κ3) is 5.00. The van der Waals surface area contributed by atoms with E-state index >= 15 is 0 Å². The fraction of sp³-hybridized carbons (Fsp3) is 0.708. The molecule has 32 heavy (non-hydrogen) atoms. The molecule has 2 N–H and O–H groups in total. The summed E-state index contributed by atoms with van der Waals surface area (Å²) in [6.45, 7) is 6.74. The van der Waals surface area contributed by atoms with Crippen molar-refractivity contribution < 1.29 is 19.4 Å². The highest BCUT2D eigenvalue weighted by molar-refractivity contribution is 5.86. The predicted molar refractivity (Wildman–Crippen MR) is 123 cm³/mol. The number of likely N-dealkylation sites (tertiary alicyclic amines) is 1. The maximum absolute atomic E-state index is 13.5. The number of rotatable bonds is 5. The van der Waals surface area contributed by atoms with Crippen molar-refractivity contribution in [2.24, 2.45) is 11.3 Å². The largest absolute Gasteiger partial charge is 0.449 e. The van der Waals surface area contributed by atoms with E-state index < -0.39 is 6.09 Å². The number of piperidine rings is 1. The van der Waals surface area contributed by atoms with Crippen molar-refractivity contribution in [1.82, 2.24) is 9.88 Å². The molecule has 1 aromatic rings. The van der Waals surface area contributed by atoms with Gasteiger partial charge in [-0.2, -0.15) is 0 Å². The zero-order valence-corrected chi connectivity index (χ0v) is 19.3. The van der Waals surface area contributed by atoms with E-state index in [4.69, 9.17) is 4.74 Å². The molecule has 1 aromatic heterocycles. The number of anilines is 2. The molecular weight excluding hydrogens is 408 g/mol. The number of carbonyl (C=O) groups is 2. The summed E-state index contributed by atoms with van der Waals surface area (Å²) in [6.07, 6.45) is 7.14. The van der Waals surface area contributed by atoms with Crippen molar-refractivity contribution in [2.45, 2.75) is 70.9 Å². The second kappa shape index (κ2) is 9.65. The molecule has 2 aliphatic heterocycles. The normalized spacial score (nSPS) is 28.4. The van der Waals surface area contributed by atoms with E-state index in [2.05, 4.69) is 20.1 Å². The Bertz CT molecular complexity index is 807. The number of amides is 2. The van der Waals surface area contributed by atoms with Crippen LogP contribution in [0, 0.1) is 11.3 Å². The zero-order valence-electron chi connectivity index (χ0n) is 19.3. The molecule has 8 heteroatoms. The fourth-order valence-corrected chi connectivity index (χ4v) is 5.32. The molecule has 2 saturated heterocycles. The van der Waals surface area contributed by atoms with Crippen molar-refractivity contribution in [2.75, 3.05) is 36.5 Å². The van der Waals surface area contributed by atoms with Crippen LogP contribution in [0.3, 0.4) is 0 Å². The van der Waals surface area contributed by atoms with Crippen LogP contribution in [-0.2, 0) is 9.53 Å². The number of nitrogens with one attached hydrogen (secondary N) is 1. The predicted octanol–water partition coefficient (Wildman–Crippen LogP) is 3.41. The molecule has 4 rings (SSSR count). The van der Waals surface area contributed by atoms with Crippen molar-refractivity contribution in [1.29, 1.82) is 0 Å². The Morgan fingerprint density at radius 3 is 2.72 bits per heavy atom. The topological polar surface area (TPSA) is 95.0 Å². The molecule has 176 valence electrons. The first-order valence-corrected chi connectivity index (χ1v) is 12.0. The van der Waals surface area contributed by atoms with E-state index in [-0.39, 0.29) is 29.4 Å². The maximum Gasteiger partial charge on any atom is 0.411 e. The number of pyridine rings is 1. The van der Waals surface area contributed by atoms with E-state index in [9.17, 15) is 14.7 Å². The quantitative estimate of drug-likeness (QED) is 0.723. The molecule has 8 nitrogen and oxygen atoms in total. The van der Waals surface area contributed by atoms with Crippen LogP contribution in [0.15, 0.2) is 18.3 Å². The van der Waals surface area contributed by atoms with E-state index in [1.165, 1.54) is 0 Å². The Kier molecular flexibility index (Phi) is 6.88. The number of nitrogens with zero attached hydrogens (tertiary/aromatic N) is 3. The highest BCUT2D eigenvalue weighted by atomic mass is 16.5. The third-order valence-corrected chi connectivity index (χ3v) is 7.10. The van der Waals surface area contributed by atoms with E-state index in [0.717, 1.165) is 63.9 Å². The molecule has 1 saturated carbocycles. The molecular formula is C24H36N4O4. The number of hydrogen-bond donors (Lipinski definition) is 2. The lowest BCUT2D eigenvalue weighted by Crippen LogP contribution is -2.50. The lowest BCUT2D eigenvalue weighted by atomic mass is 9.78. The standard InChI is InChI=1S/C24H36N4O4/c1-17(2)15-32-23(31)26-18-4-9-21(25-14-18)27-12-3-10-24(16-27)11-13-28(22(24)30)19-5-7-20(29)8-6-19/h4,9,14,17,19-20,29H,3,5-8,10-13,15-16H2,1-2H3,(H,26,31). The van der Waals surface area contributed by atoms with Gasteiger partial charge >= 0.3 is 6.09 Å². The first-order valence-electron chi connectivity index (χ1n) is 12.0. The Hall–Kier alpha value is -2.35. The minimum absolute atomic E-state index is 0.205. The lowest BCUT2D eigenvalue weighted by Gasteiger charge is -2.41. The Morgan fingerprint density at radius 2 is 2.03 bits per heavy atom. The summed E-state index contributed by atoms with van der Waals surface area (Å²) in [6, 6.07) is 4.01. The maximum atomic E-state index is 13.5. The summed E-state index contributed by atoms with van der Waals surface area (Å²) >= 11 is 0. The number of carbonyl (C=O) groups excluding carboxylic acids is 2. The number of aliphatic hydroxyl groups excluding tert-OH is 1. The highest BCUT2D eigenvalue weighted by Gasteiger charge is 2.50. The van der Waals surface area contributed by atoms with Crippen molar-refractivity contribution in [3.05, 3.63) is 18.3 Å². The fourth-order valence-electron chi connectivity index (χ4n) is 5.32. The van der Waals surface area contributed by atoms with Gasteiger partial charge in [-0.25, -0.2) is 9.78 Å². The monoisotopic (exact) mass is 444 g/mol. The van der Waals surface area contributed by atoms with Crippen LogP contribution < -0.4 is 10.2 Å². The Labute approximate surface area is 190 Å². The third-order valence-electron chi connectivity index (χ3n) is 7.10. The molecule has 0 bridgehead atoms. The average molecular weight is 445 g/mol. The van der Waals surface area contributed by atoms with Crippen molar-refractivity contribution in [3.63, 3.8) is 0 Å². The summed E-state index contributed by atoms with van der Waals surface area (Å²) in [4.78, 5) is 34.2. The van der Waals surface area contributed by atoms with Gasteiger partial charge in [-0.15, -0.1) is 0 Å². The SMILES string of the molecule is CC(C)COC(=O)Nc1ccc(N2CCCC3(CCN(C4CCC(O)CC4)C3=O)C2)nc1. The van der Waals surface area contributed by atoms with Crippen LogP contribution in [-0.4, -0.2) is 65.4 Å². The molecule has 1 unspecified atom stereocenters. The van der Waals surface area contributed by atoms with Crippen LogP contribution in [0.4, 0.5) is 16.3 Å². The molecule has 1 atom stereocenters. The summed E-state index contributed by atoms with van der Waals surface area (Å²) < 4.78 is 5.15. The summed E-state index contributed by atoms with van der Waals surface area (Å²) in [5.41, 5.74) is 0.268. The van der Waals surface area contributed by atoms with Gasteiger partial charge in [0.1, 0.15) is 5.82 Å². The minimum Gasteiger partial charge on any atom is -0.449 e. The van der Waals surface area contributed by atoms with E-state index in [0.29, 0.717) is 18.8 Å². The van der Waals surface area contributed by atoms with Gasteiger partial charge < -0.3 is 19.6 Å². The average Bonchev–Trinajstić information content (AvgIpc) is 3.09. The summed E-state index contributed by atoms with van der Waals surface area (Å²) in [5.74, 6) is 1.40. The van der Waals surface area contributed by atoms with Gasteiger partial charge in [0.05, 0.1) is 30.0 Å². The van der Waals surface area contributed by atoms with E-state index in [1.807, 2.05) is 26.0 Å². The van der Waals surface area contributed by atoms with Gasteiger partial charge in [0.2, 0.25) is 5.91 Å². The molecule has 1 spiro atoms. The Morgan fingerprint density at radius 1 is 1.25 bits per heavy atom. The lowest BCUT2D eigenvalue weighted by molar-refractivity contribution is -0.139. The molecule has 3 heterocycles. The van der Waals surface area contributed by atoms with Crippen LogP contribution in [0.5, 0.6) is 0 Å². The second-order valence-electron chi connectivity index (χ2n) is 10.0. The van der Waals surface area contributed by atoms with E-state index in [1.54, 1.807) is 6.20 Å². The Balaban J connectivity index is 1.36. The number of aromatic nitrogens is 1. The van der Waals surface area contributed by atoms with Crippen LogP contribution in [0.2, 0.25) is 0 Å². The number of aliphatic hydroxyl groups is 1. The smallest absolute Gasteiger partial charge is 0.411 e. The molecule has 1 aliphatic carbocycles. The molecule has 2 amide bonds. The van der Waals surface area contributed by atoms with Crippen molar-refractivity contribution >= 4 is 23.5 Å². The zero-order chi connectivity index (χ0) is 22.7. The van der Waals surface area contributed by atoms with Gasteiger partial charge in [-0.1, -0.05) is 13.8 Å². The molecule has 0 radical (unpaired) electrons. The first-order chi connectivity index (χ1) is 15.4. The van der Waals surface area contributed by atoms with Crippen LogP contribution >= 0.6 is 0 Å². The van der Waals surface area contributed by atoms with Crippen LogP contribution in [0.1, 0.15) is 58.8 Å². The number of hydrogen-bond acceptors (Lipinski definition) is 6.